The Bertz CT molecular complexity index is 812. The molecule has 4 N–H and O–H groups in total. The molecule has 0 atom stereocenters. The molecule has 0 amide bonds. The first kappa shape index (κ1) is 18.4. The zero-order chi connectivity index (χ0) is 18.7. The summed E-state index contributed by atoms with van der Waals surface area (Å²) in [6, 6.07) is 8.26. The topological polar surface area (TPSA) is 99.4 Å². The number of aromatic nitrogens is 2. The van der Waals surface area contributed by atoms with Crippen LogP contribution in [0.25, 0.3) is 5.69 Å². The van der Waals surface area contributed by atoms with Crippen LogP contribution in [0.5, 0.6) is 5.75 Å². The summed E-state index contributed by atoms with van der Waals surface area (Å²) in [6.07, 6.45) is 6.04. The standard InChI is InChI=1S/C19H27N5O2/c1-23(15-7-4-14(20)5-8-15)12-13-3-6-16(11-17(13)26-2)24-10-9-18(21)22-19(24)25/h3,6,9-11,14-15H,4-5,7-8,12,20H2,1-2H3,(H2,21,22,25). The highest BCUT2D eigenvalue weighted by atomic mass is 16.5. The first-order valence-corrected chi connectivity index (χ1v) is 8.96. The van der Waals surface area contributed by atoms with E-state index in [4.69, 9.17) is 16.2 Å². The molecule has 2 aromatic rings. The molecule has 1 saturated carbocycles. The van der Waals surface area contributed by atoms with Crippen LogP contribution in [-0.4, -0.2) is 40.7 Å². The van der Waals surface area contributed by atoms with Crippen molar-refractivity contribution in [2.75, 3.05) is 19.9 Å². The van der Waals surface area contributed by atoms with Crippen molar-refractivity contribution in [2.45, 2.75) is 44.3 Å². The number of rotatable bonds is 5. The normalized spacial score (nSPS) is 20.3. The molecule has 0 aliphatic heterocycles. The predicted octanol–water partition coefficient (Wildman–Crippen LogP) is 1.52. The Kier molecular flexibility index (Phi) is 5.58. The number of nitrogens with zero attached hydrogens (tertiary/aromatic N) is 3. The van der Waals surface area contributed by atoms with Gasteiger partial charge in [0.1, 0.15) is 11.6 Å². The Labute approximate surface area is 153 Å². The van der Waals surface area contributed by atoms with Crippen LogP contribution in [0, 0.1) is 0 Å². The lowest BCUT2D eigenvalue weighted by Gasteiger charge is -2.33. The van der Waals surface area contributed by atoms with Gasteiger partial charge in [0.2, 0.25) is 0 Å². The van der Waals surface area contributed by atoms with Crippen molar-refractivity contribution in [1.29, 1.82) is 0 Å². The lowest BCUT2D eigenvalue weighted by atomic mass is 9.91. The van der Waals surface area contributed by atoms with Gasteiger partial charge in [0, 0.05) is 36.5 Å². The van der Waals surface area contributed by atoms with Crippen molar-refractivity contribution >= 4 is 5.82 Å². The monoisotopic (exact) mass is 357 g/mol. The van der Waals surface area contributed by atoms with Crippen molar-refractivity contribution in [1.82, 2.24) is 14.5 Å². The molecule has 0 bridgehead atoms. The van der Waals surface area contributed by atoms with Gasteiger partial charge in [-0.05, 0) is 44.9 Å². The van der Waals surface area contributed by atoms with Crippen LogP contribution in [0.15, 0.2) is 35.3 Å². The van der Waals surface area contributed by atoms with E-state index >= 15 is 0 Å². The Balaban J connectivity index is 1.79. The molecule has 1 fully saturated rings. The highest BCUT2D eigenvalue weighted by Crippen LogP contribution is 2.27. The summed E-state index contributed by atoms with van der Waals surface area (Å²) in [7, 11) is 3.79. The van der Waals surface area contributed by atoms with Crippen LogP contribution >= 0.6 is 0 Å². The third kappa shape index (κ3) is 4.05. The van der Waals surface area contributed by atoms with E-state index in [0.29, 0.717) is 17.8 Å². The minimum atomic E-state index is -0.407. The highest BCUT2D eigenvalue weighted by Gasteiger charge is 2.22. The Morgan fingerprint density at radius 1 is 1.27 bits per heavy atom. The van der Waals surface area contributed by atoms with Crippen LogP contribution in [-0.2, 0) is 6.54 Å². The second-order valence-corrected chi connectivity index (χ2v) is 6.98. The van der Waals surface area contributed by atoms with Gasteiger partial charge in [-0.1, -0.05) is 6.07 Å². The minimum absolute atomic E-state index is 0.212. The minimum Gasteiger partial charge on any atom is -0.496 e. The maximum absolute atomic E-state index is 12.0. The Morgan fingerprint density at radius 2 is 2.00 bits per heavy atom. The fourth-order valence-electron chi connectivity index (χ4n) is 3.57. The molecule has 1 aliphatic carbocycles. The first-order valence-electron chi connectivity index (χ1n) is 8.96. The summed E-state index contributed by atoms with van der Waals surface area (Å²) in [4.78, 5) is 18.2. The lowest BCUT2D eigenvalue weighted by Crippen LogP contribution is -2.38. The van der Waals surface area contributed by atoms with Crippen molar-refractivity contribution in [3.8, 4) is 11.4 Å². The molecular formula is C19H27N5O2. The first-order chi connectivity index (χ1) is 12.5. The van der Waals surface area contributed by atoms with E-state index < -0.39 is 5.69 Å². The van der Waals surface area contributed by atoms with Crippen molar-refractivity contribution in [3.63, 3.8) is 0 Å². The third-order valence-electron chi connectivity index (χ3n) is 5.16. The van der Waals surface area contributed by atoms with Gasteiger partial charge in [0.25, 0.3) is 0 Å². The van der Waals surface area contributed by atoms with Gasteiger partial charge >= 0.3 is 5.69 Å². The third-order valence-corrected chi connectivity index (χ3v) is 5.16. The largest absolute Gasteiger partial charge is 0.496 e. The second kappa shape index (κ2) is 7.88. The molecule has 0 radical (unpaired) electrons. The van der Waals surface area contributed by atoms with Crippen LogP contribution in [0.2, 0.25) is 0 Å². The molecule has 140 valence electrons. The van der Waals surface area contributed by atoms with Crippen LogP contribution in [0.1, 0.15) is 31.2 Å². The van der Waals surface area contributed by atoms with Gasteiger partial charge in [0.15, 0.2) is 0 Å². The second-order valence-electron chi connectivity index (χ2n) is 6.98. The molecule has 7 nitrogen and oxygen atoms in total. The number of nitrogen functional groups attached to an aromatic ring is 1. The maximum atomic E-state index is 12.0. The molecule has 1 heterocycles. The zero-order valence-corrected chi connectivity index (χ0v) is 15.4. The van der Waals surface area contributed by atoms with Crippen molar-refractivity contribution < 1.29 is 4.74 Å². The van der Waals surface area contributed by atoms with Crippen LogP contribution in [0.3, 0.4) is 0 Å². The van der Waals surface area contributed by atoms with E-state index in [1.54, 1.807) is 19.4 Å². The van der Waals surface area contributed by atoms with Gasteiger partial charge in [-0.15, -0.1) is 0 Å². The van der Waals surface area contributed by atoms with Crippen molar-refractivity contribution in [3.05, 3.63) is 46.5 Å². The van der Waals surface area contributed by atoms with Gasteiger partial charge in [-0.3, -0.25) is 9.47 Å². The molecule has 0 unspecified atom stereocenters. The van der Waals surface area contributed by atoms with Crippen LogP contribution in [0.4, 0.5) is 5.82 Å². The maximum Gasteiger partial charge on any atom is 0.354 e. The summed E-state index contributed by atoms with van der Waals surface area (Å²) in [5.41, 5.74) is 13.0. The summed E-state index contributed by atoms with van der Waals surface area (Å²) in [5, 5.41) is 0. The molecule has 26 heavy (non-hydrogen) atoms. The molecule has 7 heteroatoms. The summed E-state index contributed by atoms with van der Waals surface area (Å²) in [5.74, 6) is 0.967. The molecule has 0 spiro atoms. The summed E-state index contributed by atoms with van der Waals surface area (Å²) < 4.78 is 7.02. The van der Waals surface area contributed by atoms with E-state index in [9.17, 15) is 4.79 Å². The molecule has 3 rings (SSSR count). The predicted molar refractivity (Wildman–Crippen MR) is 102 cm³/mol. The van der Waals surface area contributed by atoms with E-state index in [1.165, 1.54) is 4.57 Å². The summed E-state index contributed by atoms with van der Waals surface area (Å²) in [6.45, 7) is 0.790. The van der Waals surface area contributed by atoms with E-state index in [1.807, 2.05) is 18.2 Å². The van der Waals surface area contributed by atoms with Crippen molar-refractivity contribution in [2.24, 2.45) is 5.73 Å². The highest BCUT2D eigenvalue weighted by molar-refractivity contribution is 5.45. The average molecular weight is 357 g/mol. The number of benzene rings is 1. The van der Waals surface area contributed by atoms with Gasteiger partial charge < -0.3 is 16.2 Å². The fourth-order valence-corrected chi connectivity index (χ4v) is 3.57. The average Bonchev–Trinajstić information content (AvgIpc) is 2.62. The number of nitrogens with two attached hydrogens (primary N) is 2. The molecular weight excluding hydrogens is 330 g/mol. The van der Waals surface area contributed by atoms with Crippen LogP contribution < -0.4 is 21.9 Å². The molecule has 0 saturated heterocycles. The number of hydrogen-bond donors (Lipinski definition) is 2. The number of ether oxygens (including phenoxy) is 1. The lowest BCUT2D eigenvalue weighted by molar-refractivity contribution is 0.174. The van der Waals surface area contributed by atoms with Gasteiger partial charge in [-0.25, -0.2) is 4.79 Å². The number of anilines is 1. The number of methoxy groups -OCH3 is 1. The smallest absolute Gasteiger partial charge is 0.354 e. The molecule has 1 aromatic heterocycles. The van der Waals surface area contributed by atoms with Gasteiger partial charge in [-0.2, -0.15) is 4.98 Å². The SMILES string of the molecule is COc1cc(-n2ccc(N)nc2=O)ccc1CN(C)C1CCC(N)CC1. The zero-order valence-electron chi connectivity index (χ0n) is 15.4. The van der Waals surface area contributed by atoms with E-state index in [-0.39, 0.29) is 5.82 Å². The Hall–Kier alpha value is -2.38. The Morgan fingerprint density at radius 3 is 2.65 bits per heavy atom. The molecule has 1 aromatic carbocycles. The van der Waals surface area contributed by atoms with E-state index in [2.05, 4.69) is 16.9 Å². The fraction of sp³-hybridized carbons (Fsp3) is 0.474. The molecule has 1 aliphatic rings. The van der Waals surface area contributed by atoms with Gasteiger partial charge in [0.05, 0.1) is 12.8 Å². The quantitative estimate of drug-likeness (QED) is 0.842. The van der Waals surface area contributed by atoms with E-state index in [0.717, 1.165) is 43.5 Å². The summed E-state index contributed by atoms with van der Waals surface area (Å²) >= 11 is 0. The number of hydrogen-bond acceptors (Lipinski definition) is 6.